The van der Waals surface area contributed by atoms with E-state index < -0.39 is 11.8 Å². The molecule has 0 saturated carbocycles. The maximum absolute atomic E-state index is 13.7. The quantitative estimate of drug-likeness (QED) is 0.880. The zero-order valence-corrected chi connectivity index (χ0v) is 10.4. The van der Waals surface area contributed by atoms with E-state index in [0.29, 0.717) is 12.1 Å². The van der Waals surface area contributed by atoms with Gasteiger partial charge in [0.15, 0.2) is 0 Å². The summed E-state index contributed by atoms with van der Waals surface area (Å²) in [5.41, 5.74) is 0.555. The van der Waals surface area contributed by atoms with Crippen molar-refractivity contribution in [2.45, 2.75) is 6.54 Å². The first-order valence-corrected chi connectivity index (χ1v) is 5.99. The second-order valence-electron chi connectivity index (χ2n) is 4.69. The van der Waals surface area contributed by atoms with Gasteiger partial charge in [0.2, 0.25) is 0 Å². The van der Waals surface area contributed by atoms with Crippen LogP contribution in [-0.4, -0.2) is 54.1 Å². The van der Waals surface area contributed by atoms with Gasteiger partial charge in [-0.25, -0.2) is 9.18 Å². The van der Waals surface area contributed by atoms with Crippen LogP contribution in [0.5, 0.6) is 0 Å². The van der Waals surface area contributed by atoms with Gasteiger partial charge in [0, 0.05) is 38.3 Å². The van der Waals surface area contributed by atoms with Gasteiger partial charge in [-0.3, -0.25) is 4.90 Å². The zero-order valence-electron chi connectivity index (χ0n) is 10.4. The molecule has 1 saturated heterocycles. The monoisotopic (exact) mass is 252 g/mol. The van der Waals surface area contributed by atoms with Crippen LogP contribution in [0.4, 0.5) is 4.39 Å². The molecule has 5 heteroatoms. The van der Waals surface area contributed by atoms with E-state index in [9.17, 15) is 9.18 Å². The number of hydrogen-bond donors (Lipinski definition) is 1. The predicted octanol–water partition coefficient (Wildman–Crippen LogP) is 1.27. The van der Waals surface area contributed by atoms with Crippen molar-refractivity contribution in [3.63, 3.8) is 0 Å². The Morgan fingerprint density at radius 1 is 1.33 bits per heavy atom. The summed E-state index contributed by atoms with van der Waals surface area (Å²) in [6.07, 6.45) is 0. The number of carboxylic acids is 1. The number of benzene rings is 1. The molecule has 1 N–H and O–H groups in total. The van der Waals surface area contributed by atoms with Gasteiger partial charge in [0.25, 0.3) is 0 Å². The van der Waals surface area contributed by atoms with Crippen molar-refractivity contribution in [3.05, 3.63) is 35.1 Å². The highest BCUT2D eigenvalue weighted by Gasteiger charge is 2.16. The summed E-state index contributed by atoms with van der Waals surface area (Å²) in [6, 6.07) is 4.11. The van der Waals surface area contributed by atoms with Gasteiger partial charge in [-0.1, -0.05) is 6.07 Å². The van der Waals surface area contributed by atoms with E-state index in [2.05, 4.69) is 16.8 Å². The molecule has 0 bridgehead atoms. The van der Waals surface area contributed by atoms with Crippen LogP contribution in [0.3, 0.4) is 0 Å². The lowest BCUT2D eigenvalue weighted by Crippen LogP contribution is -2.44. The van der Waals surface area contributed by atoms with E-state index in [4.69, 9.17) is 5.11 Å². The number of aromatic carboxylic acids is 1. The summed E-state index contributed by atoms with van der Waals surface area (Å²) in [7, 11) is 2.07. The van der Waals surface area contributed by atoms with Crippen molar-refractivity contribution in [2.24, 2.45) is 0 Å². The Kier molecular flexibility index (Phi) is 3.93. The molecule has 98 valence electrons. The van der Waals surface area contributed by atoms with E-state index in [1.54, 1.807) is 6.07 Å². The number of carboxylic acid groups (broad SMARTS) is 1. The standard InChI is InChI=1S/C13H17FN2O2/c1-15-4-6-16(7-5-15)9-11-3-2-10(13(17)18)8-12(11)14/h2-3,8H,4-7,9H2,1H3,(H,17,18). The molecule has 1 aliphatic heterocycles. The van der Waals surface area contributed by atoms with Gasteiger partial charge in [0.1, 0.15) is 5.82 Å². The summed E-state index contributed by atoms with van der Waals surface area (Å²) in [5, 5.41) is 8.77. The minimum atomic E-state index is -1.10. The Morgan fingerprint density at radius 2 is 2.00 bits per heavy atom. The van der Waals surface area contributed by atoms with Crippen LogP contribution in [0.15, 0.2) is 18.2 Å². The van der Waals surface area contributed by atoms with Crippen LogP contribution < -0.4 is 0 Å². The van der Waals surface area contributed by atoms with Crippen molar-refractivity contribution in [3.8, 4) is 0 Å². The van der Waals surface area contributed by atoms with E-state index in [-0.39, 0.29) is 5.56 Å². The second kappa shape index (κ2) is 5.46. The first-order chi connectivity index (χ1) is 8.56. The molecule has 0 atom stereocenters. The Balaban J connectivity index is 2.03. The average Bonchev–Trinajstić information content (AvgIpc) is 2.34. The topological polar surface area (TPSA) is 43.8 Å². The van der Waals surface area contributed by atoms with Crippen LogP contribution in [0, 0.1) is 5.82 Å². The van der Waals surface area contributed by atoms with Gasteiger partial charge < -0.3 is 10.0 Å². The highest BCUT2D eigenvalue weighted by atomic mass is 19.1. The molecule has 4 nitrogen and oxygen atoms in total. The van der Waals surface area contributed by atoms with Crippen LogP contribution >= 0.6 is 0 Å². The lowest BCUT2D eigenvalue weighted by Gasteiger charge is -2.32. The first-order valence-electron chi connectivity index (χ1n) is 5.99. The van der Waals surface area contributed by atoms with Gasteiger partial charge in [-0.2, -0.15) is 0 Å². The molecule has 1 heterocycles. The molecule has 2 rings (SSSR count). The molecule has 1 aromatic rings. The zero-order chi connectivity index (χ0) is 13.1. The molecule has 0 aromatic heterocycles. The normalized spacial score (nSPS) is 17.9. The van der Waals surface area contributed by atoms with E-state index in [1.807, 2.05) is 0 Å². The smallest absolute Gasteiger partial charge is 0.335 e. The average molecular weight is 252 g/mol. The Bertz CT molecular complexity index is 443. The van der Waals surface area contributed by atoms with Gasteiger partial charge in [-0.15, -0.1) is 0 Å². The highest BCUT2D eigenvalue weighted by molar-refractivity contribution is 5.87. The lowest BCUT2D eigenvalue weighted by atomic mass is 10.1. The fourth-order valence-electron chi connectivity index (χ4n) is 2.06. The molecule has 0 aliphatic carbocycles. The molecule has 0 unspecified atom stereocenters. The van der Waals surface area contributed by atoms with Crippen LogP contribution in [-0.2, 0) is 6.54 Å². The fourth-order valence-corrected chi connectivity index (χ4v) is 2.06. The number of hydrogen-bond acceptors (Lipinski definition) is 3. The maximum atomic E-state index is 13.7. The summed E-state index contributed by atoms with van der Waals surface area (Å²) in [6.45, 7) is 4.33. The summed E-state index contributed by atoms with van der Waals surface area (Å²) in [4.78, 5) is 15.1. The Labute approximate surface area is 106 Å². The fraction of sp³-hybridized carbons (Fsp3) is 0.462. The van der Waals surface area contributed by atoms with Crippen LogP contribution in [0.1, 0.15) is 15.9 Å². The van der Waals surface area contributed by atoms with E-state index in [1.165, 1.54) is 6.07 Å². The molecule has 0 spiro atoms. The third kappa shape index (κ3) is 3.05. The molecule has 1 fully saturated rings. The van der Waals surface area contributed by atoms with Gasteiger partial charge in [0.05, 0.1) is 5.56 Å². The maximum Gasteiger partial charge on any atom is 0.335 e. The number of halogens is 1. The lowest BCUT2D eigenvalue weighted by molar-refractivity contribution is 0.0696. The van der Waals surface area contributed by atoms with Crippen molar-refractivity contribution in [1.29, 1.82) is 0 Å². The van der Waals surface area contributed by atoms with Gasteiger partial charge in [-0.05, 0) is 19.2 Å². The van der Waals surface area contributed by atoms with E-state index in [0.717, 1.165) is 32.2 Å². The first kappa shape index (κ1) is 13.0. The molecule has 18 heavy (non-hydrogen) atoms. The van der Waals surface area contributed by atoms with Crippen LogP contribution in [0.25, 0.3) is 0 Å². The Morgan fingerprint density at radius 3 is 2.56 bits per heavy atom. The third-order valence-corrected chi connectivity index (χ3v) is 3.29. The van der Waals surface area contributed by atoms with Crippen molar-refractivity contribution < 1.29 is 14.3 Å². The number of nitrogens with zero attached hydrogens (tertiary/aromatic N) is 2. The molecule has 1 aliphatic rings. The molecular weight excluding hydrogens is 235 g/mol. The minimum absolute atomic E-state index is 0.00497. The number of carbonyl (C=O) groups is 1. The van der Waals surface area contributed by atoms with Gasteiger partial charge >= 0.3 is 5.97 Å². The number of piperazine rings is 1. The largest absolute Gasteiger partial charge is 0.478 e. The highest BCUT2D eigenvalue weighted by Crippen LogP contribution is 2.14. The minimum Gasteiger partial charge on any atom is -0.478 e. The summed E-state index contributed by atoms with van der Waals surface area (Å²) >= 11 is 0. The summed E-state index contributed by atoms with van der Waals surface area (Å²) < 4.78 is 13.7. The molecule has 0 radical (unpaired) electrons. The van der Waals surface area contributed by atoms with Crippen LogP contribution in [0.2, 0.25) is 0 Å². The Hall–Kier alpha value is -1.46. The molecule has 1 aromatic carbocycles. The summed E-state index contributed by atoms with van der Waals surface area (Å²) in [5.74, 6) is -1.53. The van der Waals surface area contributed by atoms with Crippen molar-refractivity contribution in [2.75, 3.05) is 33.2 Å². The molecular formula is C13H17FN2O2. The number of likely N-dealkylation sites (N-methyl/N-ethyl adjacent to an activating group) is 1. The molecule has 0 amide bonds. The SMILES string of the molecule is CN1CCN(Cc2ccc(C(=O)O)cc2F)CC1. The van der Waals surface area contributed by atoms with Crippen molar-refractivity contribution >= 4 is 5.97 Å². The van der Waals surface area contributed by atoms with Crippen molar-refractivity contribution in [1.82, 2.24) is 9.80 Å². The third-order valence-electron chi connectivity index (χ3n) is 3.29. The second-order valence-corrected chi connectivity index (χ2v) is 4.69. The van der Waals surface area contributed by atoms with E-state index >= 15 is 0 Å². The predicted molar refractivity (Wildman–Crippen MR) is 66.1 cm³/mol. The number of rotatable bonds is 3.